The zero-order valence-corrected chi connectivity index (χ0v) is 20.2. The van der Waals surface area contributed by atoms with Crippen LogP contribution in [0.2, 0.25) is 0 Å². The fraction of sp³-hybridized carbons (Fsp3) is 0.500. The zero-order chi connectivity index (χ0) is 23.6. The number of hydrogen-bond acceptors (Lipinski definition) is 6. The molecule has 2 aromatic carbocycles. The summed E-state index contributed by atoms with van der Waals surface area (Å²) in [6, 6.07) is 14.4. The lowest BCUT2D eigenvalue weighted by molar-refractivity contribution is 0.341. The van der Waals surface area contributed by atoms with Crippen LogP contribution >= 0.6 is 0 Å². The molecule has 0 aliphatic heterocycles. The molecule has 174 valence electrons. The van der Waals surface area contributed by atoms with Gasteiger partial charge in [-0.25, -0.2) is 0 Å². The van der Waals surface area contributed by atoms with Crippen LogP contribution in [0, 0.1) is 17.2 Å². The molecule has 0 aliphatic carbocycles. The van der Waals surface area contributed by atoms with Crippen molar-refractivity contribution in [3.05, 3.63) is 47.5 Å². The third-order valence-electron chi connectivity index (χ3n) is 6.05. The Morgan fingerprint density at radius 2 is 1.44 bits per heavy atom. The molecule has 0 saturated heterocycles. The van der Waals surface area contributed by atoms with Gasteiger partial charge in [-0.15, -0.1) is 0 Å². The first-order chi connectivity index (χ1) is 15.4. The summed E-state index contributed by atoms with van der Waals surface area (Å²) >= 11 is 0. The average Bonchev–Trinajstić information content (AvgIpc) is 2.82. The van der Waals surface area contributed by atoms with E-state index in [2.05, 4.69) is 31.3 Å². The lowest BCUT2D eigenvalue weighted by Gasteiger charge is -2.32. The topological polar surface area (TPSA) is 72.7 Å². The van der Waals surface area contributed by atoms with Gasteiger partial charge in [0.15, 0.2) is 23.0 Å². The van der Waals surface area contributed by atoms with Crippen molar-refractivity contribution in [1.82, 2.24) is 5.32 Å². The molecule has 1 N–H and O–H groups in total. The maximum absolute atomic E-state index is 10.2. The maximum Gasteiger partial charge on any atom is 0.161 e. The Balaban J connectivity index is 1.96. The Kier molecular flexibility index (Phi) is 9.67. The number of hydrogen-bond donors (Lipinski definition) is 1. The van der Waals surface area contributed by atoms with Gasteiger partial charge in [0.25, 0.3) is 0 Å². The number of nitrogens with zero attached hydrogens (tertiary/aromatic N) is 1. The number of methoxy groups -OCH3 is 4. The minimum absolute atomic E-state index is 0.164. The highest BCUT2D eigenvalue weighted by Gasteiger charge is 2.36. The van der Waals surface area contributed by atoms with Crippen LogP contribution in [0.3, 0.4) is 0 Å². The van der Waals surface area contributed by atoms with E-state index in [-0.39, 0.29) is 5.92 Å². The molecule has 0 heterocycles. The summed E-state index contributed by atoms with van der Waals surface area (Å²) in [5.41, 5.74) is 1.58. The predicted molar refractivity (Wildman–Crippen MR) is 127 cm³/mol. The second-order valence-electron chi connectivity index (χ2n) is 8.10. The van der Waals surface area contributed by atoms with Gasteiger partial charge in [-0.3, -0.25) is 0 Å². The summed E-state index contributed by atoms with van der Waals surface area (Å²) < 4.78 is 21.5. The second-order valence-corrected chi connectivity index (χ2v) is 8.10. The van der Waals surface area contributed by atoms with E-state index in [0.29, 0.717) is 11.5 Å². The fourth-order valence-corrected chi connectivity index (χ4v) is 4.02. The lowest BCUT2D eigenvalue weighted by atomic mass is 9.70. The van der Waals surface area contributed by atoms with Gasteiger partial charge in [-0.05, 0) is 73.7 Å². The molecule has 0 spiro atoms. The van der Waals surface area contributed by atoms with Gasteiger partial charge >= 0.3 is 0 Å². The van der Waals surface area contributed by atoms with Crippen molar-refractivity contribution in [2.24, 2.45) is 5.92 Å². The summed E-state index contributed by atoms with van der Waals surface area (Å²) in [6.07, 6.45) is 2.55. The highest BCUT2D eigenvalue weighted by Crippen LogP contribution is 2.40. The zero-order valence-electron chi connectivity index (χ0n) is 20.2. The number of rotatable bonds is 13. The molecule has 32 heavy (non-hydrogen) atoms. The van der Waals surface area contributed by atoms with Crippen LogP contribution in [-0.2, 0) is 11.8 Å². The standard InChI is InChI=1S/C26H36N2O4/c1-19(2)26(18-27,21-9-11-23(30-4)25(17-21)32-6)13-7-14-28-15-12-20-8-10-22(29-3)24(16-20)31-5/h8-11,16-17,19,28H,7,12-15H2,1-6H3/t26-/m1/s1. The van der Waals surface area contributed by atoms with Crippen molar-refractivity contribution in [3.8, 4) is 29.1 Å². The minimum Gasteiger partial charge on any atom is -0.493 e. The quantitative estimate of drug-likeness (QED) is 0.453. The van der Waals surface area contributed by atoms with Gasteiger partial charge in [-0.2, -0.15) is 5.26 Å². The van der Waals surface area contributed by atoms with E-state index >= 15 is 0 Å². The summed E-state index contributed by atoms with van der Waals surface area (Å²) in [5, 5.41) is 13.7. The number of ether oxygens (including phenoxy) is 4. The van der Waals surface area contributed by atoms with Gasteiger partial charge in [-0.1, -0.05) is 26.0 Å². The summed E-state index contributed by atoms with van der Waals surface area (Å²) in [4.78, 5) is 0. The molecule has 0 radical (unpaired) electrons. The molecule has 1 atom stereocenters. The van der Waals surface area contributed by atoms with E-state index in [1.807, 2.05) is 30.3 Å². The Labute approximate surface area is 192 Å². The summed E-state index contributed by atoms with van der Waals surface area (Å²) in [5.74, 6) is 2.97. The van der Waals surface area contributed by atoms with Gasteiger partial charge in [0.05, 0.1) is 39.9 Å². The monoisotopic (exact) mass is 440 g/mol. The van der Waals surface area contributed by atoms with Gasteiger partial charge in [0, 0.05) is 0 Å². The maximum atomic E-state index is 10.2. The van der Waals surface area contributed by atoms with Crippen molar-refractivity contribution >= 4 is 0 Å². The molecule has 0 saturated carbocycles. The minimum atomic E-state index is -0.579. The molecule has 2 aromatic rings. The molecular weight excluding hydrogens is 404 g/mol. The van der Waals surface area contributed by atoms with E-state index in [0.717, 1.165) is 49.4 Å². The molecule has 0 unspecified atom stereocenters. The molecule has 2 rings (SSSR count). The van der Waals surface area contributed by atoms with Crippen molar-refractivity contribution in [3.63, 3.8) is 0 Å². The van der Waals surface area contributed by atoms with E-state index in [4.69, 9.17) is 18.9 Å². The van der Waals surface area contributed by atoms with Crippen molar-refractivity contribution in [2.75, 3.05) is 41.5 Å². The highest BCUT2D eigenvalue weighted by molar-refractivity contribution is 5.47. The lowest BCUT2D eigenvalue weighted by Crippen LogP contribution is -2.32. The van der Waals surface area contributed by atoms with E-state index in [9.17, 15) is 5.26 Å². The van der Waals surface area contributed by atoms with Crippen LogP contribution in [0.5, 0.6) is 23.0 Å². The molecular formula is C26H36N2O4. The fourth-order valence-electron chi connectivity index (χ4n) is 4.02. The number of benzene rings is 2. The molecule has 6 heteroatoms. The number of nitriles is 1. The van der Waals surface area contributed by atoms with Crippen LogP contribution in [-0.4, -0.2) is 41.5 Å². The van der Waals surface area contributed by atoms with E-state index in [1.165, 1.54) is 5.56 Å². The molecule has 0 aliphatic rings. The Morgan fingerprint density at radius 1 is 0.844 bits per heavy atom. The third kappa shape index (κ3) is 5.86. The van der Waals surface area contributed by atoms with Crippen LogP contribution in [0.1, 0.15) is 37.8 Å². The van der Waals surface area contributed by atoms with Crippen LogP contribution in [0.25, 0.3) is 0 Å². The molecule has 0 amide bonds. The van der Waals surface area contributed by atoms with Crippen molar-refractivity contribution < 1.29 is 18.9 Å². The Morgan fingerprint density at radius 3 is 2.00 bits per heavy atom. The van der Waals surface area contributed by atoms with Crippen LogP contribution in [0.15, 0.2) is 36.4 Å². The van der Waals surface area contributed by atoms with E-state index in [1.54, 1.807) is 28.4 Å². The normalized spacial score (nSPS) is 12.7. The number of nitrogens with one attached hydrogen (secondary N) is 1. The van der Waals surface area contributed by atoms with Crippen LogP contribution < -0.4 is 24.3 Å². The highest BCUT2D eigenvalue weighted by atomic mass is 16.5. The van der Waals surface area contributed by atoms with Gasteiger partial charge in [0.1, 0.15) is 0 Å². The molecule has 0 fully saturated rings. The SMILES string of the molecule is COc1ccc(CCNCCC[C@](C#N)(c2ccc(OC)c(OC)c2)C(C)C)cc1OC. The van der Waals surface area contributed by atoms with Crippen molar-refractivity contribution in [1.29, 1.82) is 5.26 Å². The van der Waals surface area contributed by atoms with Crippen molar-refractivity contribution in [2.45, 2.75) is 38.5 Å². The first-order valence-electron chi connectivity index (χ1n) is 11.0. The van der Waals surface area contributed by atoms with E-state index < -0.39 is 5.41 Å². The third-order valence-corrected chi connectivity index (χ3v) is 6.05. The van der Waals surface area contributed by atoms with Gasteiger partial charge < -0.3 is 24.3 Å². The second kappa shape index (κ2) is 12.2. The predicted octanol–water partition coefficient (Wildman–Crippen LogP) is 4.75. The first kappa shape index (κ1) is 25.4. The molecule has 0 aromatic heterocycles. The summed E-state index contributed by atoms with van der Waals surface area (Å²) in [6.45, 7) is 5.90. The van der Waals surface area contributed by atoms with Gasteiger partial charge in [0.2, 0.25) is 0 Å². The Bertz CT molecular complexity index is 907. The molecule has 6 nitrogen and oxygen atoms in total. The largest absolute Gasteiger partial charge is 0.493 e. The molecule has 0 bridgehead atoms. The smallest absolute Gasteiger partial charge is 0.161 e. The Hall–Kier alpha value is -2.91. The average molecular weight is 441 g/mol. The summed E-state index contributed by atoms with van der Waals surface area (Å²) in [7, 11) is 6.52. The van der Waals surface area contributed by atoms with Crippen LogP contribution in [0.4, 0.5) is 0 Å². The first-order valence-corrected chi connectivity index (χ1v) is 11.0.